The molecule has 3 aromatic heterocycles. The van der Waals surface area contributed by atoms with Crippen molar-refractivity contribution in [2.45, 2.75) is 0 Å². The predicted octanol–water partition coefficient (Wildman–Crippen LogP) is 4.11. The molecule has 3 heterocycles. The van der Waals surface area contributed by atoms with Gasteiger partial charge in [0, 0.05) is 21.5 Å². The van der Waals surface area contributed by atoms with E-state index in [1.807, 2.05) is 66.7 Å². The van der Waals surface area contributed by atoms with Gasteiger partial charge in [0.05, 0.1) is 27.5 Å². The molecular formula is C23H12N2O2. The van der Waals surface area contributed by atoms with Gasteiger partial charge in [0.2, 0.25) is 0 Å². The van der Waals surface area contributed by atoms with Gasteiger partial charge in [-0.2, -0.15) is 0 Å². The molecule has 0 spiro atoms. The Morgan fingerprint density at radius 3 is 2.11 bits per heavy atom. The van der Waals surface area contributed by atoms with E-state index in [-0.39, 0.29) is 11.0 Å². The van der Waals surface area contributed by atoms with Crippen molar-refractivity contribution in [3.05, 3.63) is 93.4 Å². The van der Waals surface area contributed by atoms with E-state index in [1.165, 1.54) is 0 Å². The first kappa shape index (κ1) is 14.4. The average molecular weight is 348 g/mol. The molecule has 0 saturated heterocycles. The number of hydrogen-bond acceptors (Lipinski definition) is 3. The zero-order chi connectivity index (χ0) is 18.1. The fourth-order valence-corrected chi connectivity index (χ4v) is 4.16. The summed E-state index contributed by atoms with van der Waals surface area (Å²) in [7, 11) is 0. The second-order valence-corrected chi connectivity index (χ2v) is 6.73. The van der Waals surface area contributed by atoms with Crippen LogP contribution in [-0.4, -0.2) is 9.38 Å². The van der Waals surface area contributed by atoms with E-state index in [9.17, 15) is 9.59 Å². The summed E-state index contributed by atoms with van der Waals surface area (Å²) >= 11 is 0. The Labute approximate surface area is 152 Å². The lowest BCUT2D eigenvalue weighted by Gasteiger charge is -2.14. The Morgan fingerprint density at radius 1 is 0.667 bits per heavy atom. The van der Waals surface area contributed by atoms with Crippen LogP contribution in [0.1, 0.15) is 0 Å². The van der Waals surface area contributed by atoms with Crippen molar-refractivity contribution in [2.24, 2.45) is 0 Å². The Balaban J connectivity index is 2.18. The lowest BCUT2D eigenvalue weighted by molar-refractivity contribution is 1.18. The molecule has 0 amide bonds. The van der Waals surface area contributed by atoms with Gasteiger partial charge in [-0.05, 0) is 24.3 Å². The molecule has 0 aliphatic heterocycles. The first-order valence-corrected chi connectivity index (χ1v) is 8.76. The molecular weight excluding hydrogens is 336 g/mol. The molecule has 0 atom stereocenters. The SMILES string of the molecule is O=c1c2ccccc2n2c(=O)c3ccccc3c3nc4ccccc4c1c32. The van der Waals surface area contributed by atoms with Gasteiger partial charge >= 0.3 is 0 Å². The first-order valence-electron chi connectivity index (χ1n) is 8.76. The summed E-state index contributed by atoms with van der Waals surface area (Å²) in [4.78, 5) is 31.6. The lowest BCUT2D eigenvalue weighted by atomic mass is 10.0. The number of hydrogen-bond donors (Lipinski definition) is 0. The van der Waals surface area contributed by atoms with Crippen molar-refractivity contribution < 1.29 is 0 Å². The van der Waals surface area contributed by atoms with E-state index in [2.05, 4.69) is 0 Å². The molecule has 0 saturated carbocycles. The van der Waals surface area contributed by atoms with Crippen LogP contribution in [0.4, 0.5) is 0 Å². The third-order valence-electron chi connectivity index (χ3n) is 5.32. The number of rotatable bonds is 0. The quantitative estimate of drug-likeness (QED) is 0.307. The van der Waals surface area contributed by atoms with Crippen LogP contribution in [0.15, 0.2) is 82.4 Å². The van der Waals surface area contributed by atoms with E-state index < -0.39 is 0 Å². The molecule has 126 valence electrons. The maximum atomic E-state index is 13.4. The van der Waals surface area contributed by atoms with Crippen LogP contribution in [-0.2, 0) is 0 Å². The highest BCUT2D eigenvalue weighted by Crippen LogP contribution is 2.31. The molecule has 27 heavy (non-hydrogen) atoms. The summed E-state index contributed by atoms with van der Waals surface area (Å²) in [5.41, 5.74) is 2.46. The summed E-state index contributed by atoms with van der Waals surface area (Å²) < 4.78 is 1.66. The van der Waals surface area contributed by atoms with Crippen LogP contribution in [0.5, 0.6) is 0 Å². The number of para-hydroxylation sites is 2. The highest BCUT2D eigenvalue weighted by atomic mass is 16.1. The average Bonchev–Trinajstić information content (AvgIpc) is 2.72. The van der Waals surface area contributed by atoms with Gasteiger partial charge in [-0.1, -0.05) is 48.5 Å². The van der Waals surface area contributed by atoms with Crippen molar-refractivity contribution in [2.75, 3.05) is 0 Å². The first-order chi connectivity index (χ1) is 13.3. The molecule has 4 heteroatoms. The minimum Gasteiger partial charge on any atom is -0.288 e. The largest absolute Gasteiger partial charge is 0.288 e. The highest BCUT2D eigenvalue weighted by molar-refractivity contribution is 6.19. The van der Waals surface area contributed by atoms with Gasteiger partial charge in [-0.15, -0.1) is 0 Å². The second kappa shape index (κ2) is 4.89. The molecule has 6 aromatic rings. The van der Waals surface area contributed by atoms with E-state index in [0.717, 1.165) is 16.3 Å². The number of nitrogens with zero attached hydrogens (tertiary/aromatic N) is 2. The van der Waals surface area contributed by atoms with Crippen LogP contribution < -0.4 is 11.0 Å². The van der Waals surface area contributed by atoms with Crippen LogP contribution in [0, 0.1) is 0 Å². The summed E-state index contributed by atoms with van der Waals surface area (Å²) in [5, 5.41) is 3.24. The molecule has 4 nitrogen and oxygen atoms in total. The molecule has 0 unspecified atom stereocenters. The van der Waals surface area contributed by atoms with E-state index in [4.69, 9.17) is 4.98 Å². The van der Waals surface area contributed by atoms with Gasteiger partial charge < -0.3 is 0 Å². The third kappa shape index (κ3) is 1.69. The summed E-state index contributed by atoms with van der Waals surface area (Å²) in [6.45, 7) is 0. The number of aromatic nitrogens is 2. The summed E-state index contributed by atoms with van der Waals surface area (Å²) in [5.74, 6) is 0. The highest BCUT2D eigenvalue weighted by Gasteiger charge is 2.19. The number of pyridine rings is 3. The van der Waals surface area contributed by atoms with Crippen LogP contribution in [0.2, 0.25) is 0 Å². The minimum absolute atomic E-state index is 0.0659. The Morgan fingerprint density at radius 2 is 1.30 bits per heavy atom. The Bertz CT molecular complexity index is 1640. The van der Waals surface area contributed by atoms with Crippen molar-refractivity contribution in [1.29, 1.82) is 0 Å². The van der Waals surface area contributed by atoms with E-state index >= 15 is 0 Å². The van der Waals surface area contributed by atoms with Crippen LogP contribution in [0.3, 0.4) is 0 Å². The molecule has 0 bridgehead atoms. The minimum atomic E-state index is -0.128. The van der Waals surface area contributed by atoms with Gasteiger partial charge in [-0.3, -0.25) is 14.0 Å². The standard InChI is InChI=1S/C23H12N2O2/c26-22-16-10-4-6-12-18(16)25-21-19(22)15-9-3-5-11-17(15)24-20(21)13-7-1-2-8-14(13)23(25)27/h1-12H. The summed E-state index contributed by atoms with van der Waals surface area (Å²) in [6, 6.07) is 22.3. The summed E-state index contributed by atoms with van der Waals surface area (Å²) in [6.07, 6.45) is 0. The topological polar surface area (TPSA) is 51.4 Å². The molecule has 3 aromatic carbocycles. The molecule has 0 fully saturated rings. The second-order valence-electron chi connectivity index (χ2n) is 6.73. The van der Waals surface area contributed by atoms with Gasteiger partial charge in [-0.25, -0.2) is 4.98 Å². The van der Waals surface area contributed by atoms with Crippen LogP contribution >= 0.6 is 0 Å². The molecule has 0 aliphatic carbocycles. The molecule has 6 rings (SSSR count). The maximum absolute atomic E-state index is 13.4. The molecule has 0 aliphatic rings. The van der Waals surface area contributed by atoms with E-state index in [1.54, 1.807) is 10.5 Å². The maximum Gasteiger partial charge on any atom is 0.263 e. The van der Waals surface area contributed by atoms with Crippen molar-refractivity contribution in [3.8, 4) is 0 Å². The fraction of sp³-hybridized carbons (Fsp3) is 0. The van der Waals surface area contributed by atoms with Gasteiger partial charge in [0.15, 0.2) is 5.43 Å². The smallest absolute Gasteiger partial charge is 0.263 e. The van der Waals surface area contributed by atoms with Gasteiger partial charge in [0.1, 0.15) is 0 Å². The number of benzene rings is 3. The van der Waals surface area contributed by atoms with Crippen molar-refractivity contribution >= 4 is 49.0 Å². The van der Waals surface area contributed by atoms with Gasteiger partial charge in [0.25, 0.3) is 5.56 Å². The normalized spacial score (nSPS) is 12.0. The third-order valence-corrected chi connectivity index (χ3v) is 5.32. The monoisotopic (exact) mass is 348 g/mol. The molecule has 0 N–H and O–H groups in total. The number of fused-ring (bicyclic) bond motifs is 6. The Kier molecular flexibility index (Phi) is 2.60. The zero-order valence-corrected chi connectivity index (χ0v) is 14.1. The zero-order valence-electron chi connectivity index (χ0n) is 14.1. The van der Waals surface area contributed by atoms with Crippen molar-refractivity contribution in [3.63, 3.8) is 0 Å². The Hall–Kier alpha value is -3.79. The van der Waals surface area contributed by atoms with Crippen molar-refractivity contribution in [1.82, 2.24) is 9.38 Å². The fourth-order valence-electron chi connectivity index (χ4n) is 4.16. The lowest BCUT2D eigenvalue weighted by Crippen LogP contribution is -2.20. The van der Waals surface area contributed by atoms with E-state index in [0.29, 0.717) is 32.7 Å². The predicted molar refractivity (Wildman–Crippen MR) is 109 cm³/mol. The van der Waals surface area contributed by atoms with Crippen LogP contribution in [0.25, 0.3) is 49.0 Å². The molecule has 0 radical (unpaired) electrons.